The van der Waals surface area contributed by atoms with Crippen LogP contribution in [0.5, 0.6) is 0 Å². The highest BCUT2D eigenvalue weighted by Crippen LogP contribution is 2.17. The van der Waals surface area contributed by atoms with Crippen molar-refractivity contribution >= 4 is 23.3 Å². The Morgan fingerprint density at radius 2 is 1.65 bits per heavy atom. The van der Waals surface area contributed by atoms with Crippen molar-refractivity contribution in [3.63, 3.8) is 0 Å². The number of benzene rings is 2. The van der Waals surface area contributed by atoms with E-state index in [-0.39, 0.29) is 24.0 Å². The second-order valence-electron chi connectivity index (χ2n) is 6.45. The summed E-state index contributed by atoms with van der Waals surface area (Å²) in [5, 5.41) is 11.8. The Bertz CT molecular complexity index is 740. The van der Waals surface area contributed by atoms with Gasteiger partial charge in [-0.05, 0) is 56.1 Å². The zero-order valence-corrected chi connectivity index (χ0v) is 14.8. The molecule has 0 radical (unpaired) electrons. The molecule has 26 heavy (non-hydrogen) atoms. The van der Waals surface area contributed by atoms with Gasteiger partial charge in [-0.15, -0.1) is 0 Å². The van der Waals surface area contributed by atoms with Crippen LogP contribution in [0.25, 0.3) is 0 Å². The van der Waals surface area contributed by atoms with Gasteiger partial charge >= 0.3 is 6.03 Å². The number of para-hydroxylation sites is 1. The molecule has 3 rings (SSSR count). The first-order chi connectivity index (χ1) is 12.6. The zero-order valence-electron chi connectivity index (χ0n) is 14.8. The van der Waals surface area contributed by atoms with E-state index in [1.54, 1.807) is 0 Å². The Morgan fingerprint density at radius 3 is 2.27 bits per heavy atom. The van der Waals surface area contributed by atoms with E-state index in [1.807, 2.05) is 61.5 Å². The second kappa shape index (κ2) is 8.49. The van der Waals surface area contributed by atoms with Crippen molar-refractivity contribution in [2.24, 2.45) is 0 Å². The highest BCUT2D eigenvalue weighted by atomic mass is 16.2. The topological polar surface area (TPSA) is 82.3 Å². The number of rotatable bonds is 5. The maximum absolute atomic E-state index is 12.2. The van der Waals surface area contributed by atoms with Crippen LogP contribution in [0.2, 0.25) is 0 Å². The zero-order chi connectivity index (χ0) is 18.4. The summed E-state index contributed by atoms with van der Waals surface area (Å²) in [6.07, 6.45) is 1.93. The van der Waals surface area contributed by atoms with Crippen LogP contribution >= 0.6 is 0 Å². The quantitative estimate of drug-likeness (QED) is 0.667. The van der Waals surface area contributed by atoms with E-state index in [2.05, 4.69) is 21.3 Å². The van der Waals surface area contributed by atoms with E-state index in [9.17, 15) is 9.59 Å². The van der Waals surface area contributed by atoms with Crippen LogP contribution in [0.15, 0.2) is 54.6 Å². The van der Waals surface area contributed by atoms with Gasteiger partial charge in [0.2, 0.25) is 5.91 Å². The molecule has 2 atom stereocenters. The summed E-state index contributed by atoms with van der Waals surface area (Å²) >= 11 is 0. The lowest BCUT2D eigenvalue weighted by Crippen LogP contribution is -2.41. The SMILES string of the molecule is CC(NC(=O)C1CCCN1)c1ccc(NC(=O)Nc2ccccc2)cc1. The third-order valence-corrected chi connectivity index (χ3v) is 4.44. The monoisotopic (exact) mass is 352 g/mol. The van der Waals surface area contributed by atoms with Gasteiger partial charge in [0, 0.05) is 11.4 Å². The third-order valence-electron chi connectivity index (χ3n) is 4.44. The predicted molar refractivity (Wildman–Crippen MR) is 103 cm³/mol. The summed E-state index contributed by atoms with van der Waals surface area (Å²) < 4.78 is 0. The number of hydrogen-bond acceptors (Lipinski definition) is 3. The van der Waals surface area contributed by atoms with Gasteiger partial charge < -0.3 is 21.3 Å². The van der Waals surface area contributed by atoms with Gasteiger partial charge in [-0.1, -0.05) is 30.3 Å². The minimum absolute atomic E-state index is 0.0411. The Balaban J connectivity index is 1.52. The first kappa shape index (κ1) is 17.9. The molecule has 0 bridgehead atoms. The smallest absolute Gasteiger partial charge is 0.323 e. The van der Waals surface area contributed by atoms with E-state index in [1.165, 1.54) is 0 Å². The summed E-state index contributed by atoms with van der Waals surface area (Å²) in [7, 11) is 0. The van der Waals surface area contributed by atoms with E-state index >= 15 is 0 Å². The molecule has 1 aliphatic rings. The minimum atomic E-state index is -0.294. The van der Waals surface area contributed by atoms with Gasteiger partial charge in [0.1, 0.15) is 0 Å². The van der Waals surface area contributed by atoms with Crippen molar-refractivity contribution in [3.05, 3.63) is 60.2 Å². The molecule has 1 heterocycles. The molecule has 2 aromatic rings. The van der Waals surface area contributed by atoms with Gasteiger partial charge in [-0.25, -0.2) is 4.79 Å². The van der Waals surface area contributed by atoms with Gasteiger partial charge in [0.25, 0.3) is 0 Å². The van der Waals surface area contributed by atoms with Crippen LogP contribution in [-0.2, 0) is 4.79 Å². The van der Waals surface area contributed by atoms with Crippen molar-refractivity contribution in [1.82, 2.24) is 10.6 Å². The Kier molecular flexibility index (Phi) is 5.86. The average Bonchev–Trinajstić information content (AvgIpc) is 3.18. The lowest BCUT2D eigenvalue weighted by atomic mass is 10.1. The van der Waals surface area contributed by atoms with E-state index in [0.29, 0.717) is 5.69 Å². The molecule has 3 amide bonds. The highest BCUT2D eigenvalue weighted by molar-refractivity contribution is 5.99. The summed E-state index contributed by atoms with van der Waals surface area (Å²) in [6, 6.07) is 16.3. The molecule has 136 valence electrons. The van der Waals surface area contributed by atoms with Crippen molar-refractivity contribution in [3.8, 4) is 0 Å². The molecule has 6 nitrogen and oxygen atoms in total. The summed E-state index contributed by atoms with van der Waals surface area (Å²) in [4.78, 5) is 24.2. The molecular formula is C20H24N4O2. The maximum atomic E-state index is 12.2. The summed E-state index contributed by atoms with van der Waals surface area (Å²) in [6.45, 7) is 2.86. The second-order valence-corrected chi connectivity index (χ2v) is 6.45. The van der Waals surface area contributed by atoms with E-state index < -0.39 is 0 Å². The summed E-state index contributed by atoms with van der Waals surface area (Å²) in [5.41, 5.74) is 2.42. The molecule has 0 aromatic heterocycles. The predicted octanol–water partition coefficient (Wildman–Crippen LogP) is 3.26. The third kappa shape index (κ3) is 4.83. The minimum Gasteiger partial charge on any atom is -0.348 e. The molecule has 2 unspecified atom stereocenters. The van der Waals surface area contributed by atoms with Crippen LogP contribution in [0.1, 0.15) is 31.4 Å². The number of amides is 3. The van der Waals surface area contributed by atoms with Crippen molar-refractivity contribution < 1.29 is 9.59 Å². The van der Waals surface area contributed by atoms with Gasteiger partial charge in [-0.3, -0.25) is 4.79 Å². The molecule has 0 saturated carbocycles. The Hall–Kier alpha value is -2.86. The van der Waals surface area contributed by atoms with Crippen LogP contribution in [0.3, 0.4) is 0 Å². The molecule has 0 aliphatic carbocycles. The molecule has 1 aliphatic heterocycles. The summed E-state index contributed by atoms with van der Waals surface area (Å²) in [5.74, 6) is 0.0411. The first-order valence-electron chi connectivity index (χ1n) is 8.88. The fourth-order valence-electron chi connectivity index (χ4n) is 2.98. The van der Waals surface area contributed by atoms with E-state index in [0.717, 1.165) is 30.6 Å². The van der Waals surface area contributed by atoms with E-state index in [4.69, 9.17) is 0 Å². The lowest BCUT2D eigenvalue weighted by molar-refractivity contribution is -0.123. The molecule has 4 N–H and O–H groups in total. The lowest BCUT2D eigenvalue weighted by Gasteiger charge is -2.18. The Morgan fingerprint density at radius 1 is 1.00 bits per heavy atom. The van der Waals surface area contributed by atoms with Gasteiger partial charge in [-0.2, -0.15) is 0 Å². The normalized spacial score (nSPS) is 17.3. The van der Waals surface area contributed by atoms with Crippen molar-refractivity contribution in [2.75, 3.05) is 17.2 Å². The van der Waals surface area contributed by atoms with Crippen molar-refractivity contribution in [2.45, 2.75) is 31.8 Å². The number of anilines is 2. The number of urea groups is 1. The molecule has 0 spiro atoms. The number of nitrogens with one attached hydrogen (secondary N) is 4. The Labute approximate surface area is 153 Å². The van der Waals surface area contributed by atoms with Crippen LogP contribution in [-0.4, -0.2) is 24.5 Å². The molecule has 1 saturated heterocycles. The molecular weight excluding hydrogens is 328 g/mol. The fraction of sp³-hybridized carbons (Fsp3) is 0.300. The van der Waals surface area contributed by atoms with Crippen LogP contribution in [0.4, 0.5) is 16.2 Å². The maximum Gasteiger partial charge on any atom is 0.323 e. The van der Waals surface area contributed by atoms with Crippen molar-refractivity contribution in [1.29, 1.82) is 0 Å². The van der Waals surface area contributed by atoms with Gasteiger partial charge in [0.05, 0.1) is 12.1 Å². The molecule has 1 fully saturated rings. The van der Waals surface area contributed by atoms with Crippen LogP contribution in [0, 0.1) is 0 Å². The number of carbonyl (C=O) groups excluding carboxylic acids is 2. The largest absolute Gasteiger partial charge is 0.348 e. The van der Waals surface area contributed by atoms with Gasteiger partial charge in [0.15, 0.2) is 0 Å². The standard InChI is InChI=1S/C20H24N4O2/c1-14(22-19(25)18-8-5-13-21-18)15-9-11-17(12-10-15)24-20(26)23-16-6-3-2-4-7-16/h2-4,6-7,9-12,14,18,21H,5,8,13H2,1H3,(H,22,25)(H2,23,24,26). The molecule has 2 aromatic carbocycles. The fourth-order valence-corrected chi connectivity index (χ4v) is 2.98. The first-order valence-corrected chi connectivity index (χ1v) is 8.88. The highest BCUT2D eigenvalue weighted by Gasteiger charge is 2.23. The number of hydrogen-bond donors (Lipinski definition) is 4. The average molecular weight is 352 g/mol. The van der Waals surface area contributed by atoms with Crippen LogP contribution < -0.4 is 21.3 Å². The molecule has 6 heteroatoms. The number of carbonyl (C=O) groups is 2.